The van der Waals surface area contributed by atoms with E-state index in [0.717, 1.165) is 18.0 Å². The molecule has 0 unspecified atom stereocenters. The molecule has 4 heterocycles. The van der Waals surface area contributed by atoms with E-state index in [4.69, 9.17) is 0 Å². The Bertz CT molecular complexity index is 854. The van der Waals surface area contributed by atoms with Gasteiger partial charge < -0.3 is 10.2 Å². The van der Waals surface area contributed by atoms with Gasteiger partial charge in [-0.15, -0.1) is 35.1 Å². The number of rotatable bonds is 5. The second-order valence-corrected chi connectivity index (χ2v) is 10.1. The minimum absolute atomic E-state index is 0. The van der Waals surface area contributed by atoms with Crippen LogP contribution in [0.15, 0.2) is 33.9 Å². The van der Waals surface area contributed by atoms with Gasteiger partial charge in [-0.3, -0.25) is 4.79 Å². The molecular weight excluding hydrogens is 414 g/mol. The molecule has 2 aromatic heterocycles. The number of nitrogens with zero attached hydrogens (tertiary/aromatic N) is 1. The molecule has 0 aliphatic carbocycles. The first kappa shape index (κ1) is 19.8. The summed E-state index contributed by atoms with van der Waals surface area (Å²) in [5.41, 5.74) is 0. The topological polar surface area (TPSA) is 78.5 Å². The third-order valence-electron chi connectivity index (χ3n) is 4.81. The van der Waals surface area contributed by atoms with Crippen LogP contribution in [0, 0.1) is 11.8 Å². The van der Waals surface area contributed by atoms with Crippen LogP contribution in [0.1, 0.15) is 14.5 Å². The van der Waals surface area contributed by atoms with E-state index < -0.39 is 10.0 Å². The normalized spacial score (nSPS) is 22.2. The number of hydrogen-bond acceptors (Lipinski definition) is 6. The summed E-state index contributed by atoms with van der Waals surface area (Å²) in [5.74, 6) is 0.808. The summed E-state index contributed by atoms with van der Waals surface area (Å²) in [4.78, 5) is 16.0. The van der Waals surface area contributed by atoms with E-state index in [2.05, 4.69) is 10.0 Å². The number of carbonyl (C=O) groups is 1. The lowest BCUT2D eigenvalue weighted by Crippen LogP contribution is -2.33. The molecule has 2 aliphatic rings. The molecule has 2 atom stereocenters. The third-order valence-corrected chi connectivity index (χ3v) is 8.16. The Labute approximate surface area is 167 Å². The summed E-state index contributed by atoms with van der Waals surface area (Å²) in [6.45, 7) is 3.52. The largest absolute Gasteiger partial charge is 0.337 e. The fourth-order valence-electron chi connectivity index (χ4n) is 3.49. The number of sulfonamides is 1. The molecule has 2 saturated heterocycles. The van der Waals surface area contributed by atoms with Gasteiger partial charge in [0.25, 0.3) is 5.91 Å². The lowest BCUT2D eigenvalue weighted by Gasteiger charge is -2.17. The SMILES string of the molecule is Cl.O=C(c1sccc1S(=O)(=O)NCc1cccs1)N1C[C@H]2CNC[C@H]2C1. The van der Waals surface area contributed by atoms with Crippen LogP contribution >= 0.6 is 35.1 Å². The van der Waals surface area contributed by atoms with Crippen molar-refractivity contribution in [1.29, 1.82) is 0 Å². The maximum atomic E-state index is 12.9. The van der Waals surface area contributed by atoms with Crippen LogP contribution in [0.2, 0.25) is 0 Å². The lowest BCUT2D eigenvalue weighted by molar-refractivity contribution is 0.0783. The van der Waals surface area contributed by atoms with Gasteiger partial charge in [0.1, 0.15) is 9.77 Å². The van der Waals surface area contributed by atoms with Crippen molar-refractivity contribution in [3.63, 3.8) is 0 Å². The van der Waals surface area contributed by atoms with Crippen molar-refractivity contribution in [3.8, 4) is 0 Å². The van der Waals surface area contributed by atoms with Crippen molar-refractivity contribution in [1.82, 2.24) is 14.9 Å². The smallest absolute Gasteiger partial charge is 0.265 e. The Morgan fingerprint density at radius 3 is 2.58 bits per heavy atom. The first-order valence-electron chi connectivity index (χ1n) is 8.14. The highest BCUT2D eigenvalue weighted by molar-refractivity contribution is 7.89. The Morgan fingerprint density at radius 2 is 1.92 bits per heavy atom. The number of fused-ring (bicyclic) bond motifs is 1. The minimum Gasteiger partial charge on any atom is -0.337 e. The molecule has 0 spiro atoms. The summed E-state index contributed by atoms with van der Waals surface area (Å²) < 4.78 is 27.9. The maximum Gasteiger partial charge on any atom is 0.265 e. The highest BCUT2D eigenvalue weighted by atomic mass is 35.5. The van der Waals surface area contributed by atoms with Crippen molar-refractivity contribution >= 4 is 51.0 Å². The standard InChI is InChI=1S/C16H19N3O3S3.ClH/c20-16(19-9-11-6-17-7-12(11)10-19)15-14(3-5-24-15)25(21,22)18-8-13-2-1-4-23-13;/h1-5,11-12,17-18H,6-10H2;1H/t11-,12+;. The zero-order valence-electron chi connectivity index (χ0n) is 13.9. The van der Waals surface area contributed by atoms with Crippen LogP contribution in [-0.4, -0.2) is 45.4 Å². The molecule has 0 saturated carbocycles. The van der Waals surface area contributed by atoms with E-state index in [1.54, 1.807) is 10.3 Å². The van der Waals surface area contributed by atoms with Crippen LogP contribution in [0.5, 0.6) is 0 Å². The molecule has 1 amide bonds. The highest BCUT2D eigenvalue weighted by Crippen LogP contribution is 2.30. The van der Waals surface area contributed by atoms with Gasteiger partial charge in [-0.25, -0.2) is 13.1 Å². The van der Waals surface area contributed by atoms with Crippen LogP contribution in [-0.2, 0) is 16.6 Å². The Balaban J connectivity index is 0.00000196. The predicted molar refractivity (Wildman–Crippen MR) is 106 cm³/mol. The zero-order valence-corrected chi connectivity index (χ0v) is 17.1. The molecule has 0 bridgehead atoms. The number of thiophene rings is 2. The monoisotopic (exact) mass is 433 g/mol. The third kappa shape index (κ3) is 3.83. The van der Waals surface area contributed by atoms with Crippen LogP contribution in [0.3, 0.4) is 0 Å². The van der Waals surface area contributed by atoms with Crippen molar-refractivity contribution in [2.24, 2.45) is 11.8 Å². The molecule has 0 radical (unpaired) electrons. The summed E-state index contributed by atoms with van der Waals surface area (Å²) in [5, 5.41) is 6.92. The molecule has 2 fully saturated rings. The number of hydrogen-bond donors (Lipinski definition) is 2. The zero-order chi connectivity index (χ0) is 17.4. The fourth-order valence-corrected chi connectivity index (χ4v) is 6.62. The van der Waals surface area contributed by atoms with E-state index in [1.165, 1.54) is 28.7 Å². The minimum atomic E-state index is -3.71. The molecule has 2 aromatic rings. The number of halogens is 1. The van der Waals surface area contributed by atoms with Crippen molar-refractivity contribution in [2.75, 3.05) is 26.2 Å². The lowest BCUT2D eigenvalue weighted by atomic mass is 10.0. The molecule has 142 valence electrons. The molecule has 2 N–H and O–H groups in total. The quantitative estimate of drug-likeness (QED) is 0.755. The Hall–Kier alpha value is -0.970. The molecule has 2 aliphatic heterocycles. The first-order valence-corrected chi connectivity index (χ1v) is 11.4. The summed E-state index contributed by atoms with van der Waals surface area (Å²) in [7, 11) is -3.71. The summed E-state index contributed by atoms with van der Waals surface area (Å²) in [6.07, 6.45) is 0. The summed E-state index contributed by atoms with van der Waals surface area (Å²) >= 11 is 2.70. The average molecular weight is 434 g/mol. The van der Waals surface area contributed by atoms with Gasteiger partial charge in [0, 0.05) is 37.6 Å². The van der Waals surface area contributed by atoms with E-state index in [0.29, 0.717) is 29.8 Å². The van der Waals surface area contributed by atoms with Gasteiger partial charge in [-0.1, -0.05) is 6.07 Å². The van der Waals surface area contributed by atoms with E-state index in [1.807, 2.05) is 17.5 Å². The predicted octanol–water partition coefficient (Wildman–Crippen LogP) is 2.00. The molecule has 0 aromatic carbocycles. The first-order chi connectivity index (χ1) is 12.0. The average Bonchev–Trinajstić information content (AvgIpc) is 3.36. The van der Waals surface area contributed by atoms with Gasteiger partial charge in [0.05, 0.1) is 0 Å². The second-order valence-electron chi connectivity index (χ2n) is 6.41. The van der Waals surface area contributed by atoms with Crippen molar-refractivity contribution < 1.29 is 13.2 Å². The summed E-state index contributed by atoms with van der Waals surface area (Å²) in [6, 6.07) is 5.28. The fraction of sp³-hybridized carbons (Fsp3) is 0.438. The van der Waals surface area contributed by atoms with Crippen molar-refractivity contribution in [2.45, 2.75) is 11.4 Å². The number of carbonyl (C=O) groups excluding carboxylic acids is 1. The number of likely N-dealkylation sites (tertiary alicyclic amines) is 1. The number of amides is 1. The van der Waals surface area contributed by atoms with E-state index in [9.17, 15) is 13.2 Å². The van der Waals surface area contributed by atoms with Gasteiger partial charge in [0.2, 0.25) is 10.0 Å². The van der Waals surface area contributed by atoms with Crippen LogP contribution in [0.4, 0.5) is 0 Å². The molecular formula is C16H20ClN3O3S3. The van der Waals surface area contributed by atoms with Gasteiger partial charge in [-0.2, -0.15) is 0 Å². The van der Waals surface area contributed by atoms with E-state index >= 15 is 0 Å². The highest BCUT2D eigenvalue weighted by Gasteiger charge is 2.39. The second kappa shape index (κ2) is 7.95. The molecule has 4 rings (SSSR count). The molecule has 26 heavy (non-hydrogen) atoms. The Kier molecular flexibility index (Phi) is 6.05. The van der Waals surface area contributed by atoms with Gasteiger partial charge in [0.15, 0.2) is 0 Å². The Morgan fingerprint density at radius 1 is 1.19 bits per heavy atom. The molecule has 10 heteroatoms. The van der Waals surface area contributed by atoms with Crippen LogP contribution in [0.25, 0.3) is 0 Å². The number of nitrogens with one attached hydrogen (secondary N) is 2. The van der Waals surface area contributed by atoms with E-state index in [-0.39, 0.29) is 29.8 Å². The van der Waals surface area contributed by atoms with Gasteiger partial charge >= 0.3 is 0 Å². The maximum absolute atomic E-state index is 12.9. The van der Waals surface area contributed by atoms with Crippen LogP contribution < -0.4 is 10.0 Å². The molecule has 6 nitrogen and oxygen atoms in total. The van der Waals surface area contributed by atoms with Crippen molar-refractivity contribution in [3.05, 3.63) is 38.7 Å². The van der Waals surface area contributed by atoms with Gasteiger partial charge in [-0.05, 0) is 34.7 Å².